The summed E-state index contributed by atoms with van der Waals surface area (Å²) in [6.45, 7) is 8.28. The quantitative estimate of drug-likeness (QED) is 0.312. The third-order valence-electron chi connectivity index (χ3n) is 7.05. The number of nitrogens with one attached hydrogen (secondary N) is 3. The van der Waals surface area contributed by atoms with Crippen molar-refractivity contribution in [2.75, 3.05) is 19.6 Å². The summed E-state index contributed by atoms with van der Waals surface area (Å²) in [5.41, 5.74) is 0.406. The largest absolute Gasteiger partial charge is 0.354 e. The van der Waals surface area contributed by atoms with E-state index in [1.807, 2.05) is 57.2 Å². The smallest absolute Gasteiger partial charge is 0.243 e. The lowest BCUT2D eigenvalue weighted by Crippen LogP contribution is -2.55. The fourth-order valence-electron chi connectivity index (χ4n) is 4.96. The van der Waals surface area contributed by atoms with Crippen molar-refractivity contribution in [2.45, 2.75) is 65.1 Å². The van der Waals surface area contributed by atoms with Crippen molar-refractivity contribution in [1.29, 1.82) is 0 Å². The molecule has 2 heterocycles. The Kier molecular flexibility index (Phi) is 9.75. The Morgan fingerprint density at radius 3 is 2.56 bits per heavy atom. The highest BCUT2D eigenvalue weighted by atomic mass is 32.1. The van der Waals surface area contributed by atoms with E-state index in [9.17, 15) is 14.4 Å². The van der Waals surface area contributed by atoms with Crippen LogP contribution in [0.3, 0.4) is 0 Å². The number of likely N-dealkylation sites (tertiary alicyclic amines) is 1. The Morgan fingerprint density at radius 2 is 1.82 bits per heavy atom. The van der Waals surface area contributed by atoms with Gasteiger partial charge < -0.3 is 20.9 Å². The Bertz CT molecular complexity index is 1270. The van der Waals surface area contributed by atoms with Crippen LogP contribution in [0.15, 0.2) is 60.0 Å². The van der Waals surface area contributed by atoms with Crippen LogP contribution in [0.1, 0.15) is 50.5 Å². The molecule has 0 saturated carbocycles. The van der Waals surface area contributed by atoms with E-state index in [1.165, 1.54) is 4.88 Å². The molecule has 3 aromatic rings. The zero-order valence-corrected chi connectivity index (χ0v) is 24.0. The van der Waals surface area contributed by atoms with Crippen molar-refractivity contribution in [1.82, 2.24) is 20.9 Å². The fourth-order valence-corrected chi connectivity index (χ4v) is 5.64. The average Bonchev–Trinajstić information content (AvgIpc) is 3.61. The maximum Gasteiger partial charge on any atom is 0.243 e. The van der Waals surface area contributed by atoms with Gasteiger partial charge in [0.25, 0.3) is 0 Å². The maximum absolute atomic E-state index is 13.4. The minimum atomic E-state index is -0.732. The molecule has 0 bridgehead atoms. The summed E-state index contributed by atoms with van der Waals surface area (Å²) < 4.78 is 0. The monoisotopic (exact) mass is 548 g/mol. The first-order valence-corrected chi connectivity index (χ1v) is 14.7. The number of thiophene rings is 1. The molecule has 2 atom stereocenters. The maximum atomic E-state index is 13.4. The molecule has 3 N–H and O–H groups in total. The van der Waals surface area contributed by atoms with Gasteiger partial charge in [-0.2, -0.15) is 0 Å². The first kappa shape index (κ1) is 28.8. The number of benzene rings is 2. The molecule has 4 rings (SSSR count). The molecule has 208 valence electrons. The van der Waals surface area contributed by atoms with Crippen LogP contribution in [0, 0.1) is 5.41 Å². The van der Waals surface area contributed by atoms with E-state index in [-0.39, 0.29) is 17.7 Å². The second kappa shape index (κ2) is 13.2. The standard InChI is InChI=1S/C31H40N4O3S/c1-31(2,3)30(38)35-17-6-12-27(35)29(37)34-26(20-22-13-14-23-9-4-5-10-24(23)19-22)28(36)33-16-8-15-32-21-25-11-7-18-39-25/h4-5,7,9-11,13-14,18-19,26-27,32H,6,8,12,15-17,20-21H2,1-3H3,(H,33,36)(H,34,37)/t26-,27?/m1/s1. The van der Waals surface area contributed by atoms with Crippen molar-refractivity contribution >= 4 is 39.8 Å². The van der Waals surface area contributed by atoms with Gasteiger partial charge in [0.2, 0.25) is 17.7 Å². The summed E-state index contributed by atoms with van der Waals surface area (Å²) in [5.74, 6) is -0.504. The van der Waals surface area contributed by atoms with E-state index in [0.29, 0.717) is 25.9 Å². The predicted octanol–water partition coefficient (Wildman–Crippen LogP) is 4.26. The second-order valence-corrected chi connectivity index (χ2v) is 12.3. The lowest BCUT2D eigenvalue weighted by Gasteiger charge is -2.31. The lowest BCUT2D eigenvalue weighted by atomic mass is 9.94. The molecule has 0 aliphatic carbocycles. The molecule has 1 aliphatic rings. The molecule has 0 radical (unpaired) electrons. The van der Waals surface area contributed by atoms with Crippen LogP contribution >= 0.6 is 11.3 Å². The number of carbonyl (C=O) groups excluding carboxylic acids is 3. The van der Waals surface area contributed by atoms with Crippen LogP contribution in [-0.4, -0.2) is 54.3 Å². The fraction of sp³-hybridized carbons (Fsp3) is 0.452. The second-order valence-electron chi connectivity index (χ2n) is 11.3. The highest BCUT2D eigenvalue weighted by molar-refractivity contribution is 7.09. The number of nitrogens with zero attached hydrogens (tertiary/aromatic N) is 1. The molecule has 1 saturated heterocycles. The van der Waals surface area contributed by atoms with E-state index in [4.69, 9.17) is 0 Å². The van der Waals surface area contributed by atoms with E-state index in [1.54, 1.807) is 16.2 Å². The molecular weight excluding hydrogens is 508 g/mol. The van der Waals surface area contributed by atoms with Gasteiger partial charge in [0.1, 0.15) is 12.1 Å². The summed E-state index contributed by atoms with van der Waals surface area (Å²) in [5, 5.41) is 13.7. The van der Waals surface area contributed by atoms with Crippen LogP contribution in [0.5, 0.6) is 0 Å². The Balaban J connectivity index is 1.40. The third kappa shape index (κ3) is 7.90. The molecule has 1 aliphatic heterocycles. The van der Waals surface area contributed by atoms with E-state index in [2.05, 4.69) is 39.5 Å². The van der Waals surface area contributed by atoms with Gasteiger partial charge >= 0.3 is 0 Å². The molecule has 8 heteroatoms. The van der Waals surface area contributed by atoms with Crippen molar-refractivity contribution in [2.24, 2.45) is 5.41 Å². The molecule has 39 heavy (non-hydrogen) atoms. The Labute approximate surface area is 235 Å². The first-order valence-electron chi connectivity index (χ1n) is 13.8. The number of hydrogen-bond acceptors (Lipinski definition) is 5. The molecule has 0 spiro atoms. The van der Waals surface area contributed by atoms with Gasteiger partial charge in [-0.15, -0.1) is 11.3 Å². The van der Waals surface area contributed by atoms with Gasteiger partial charge in [-0.1, -0.05) is 69.3 Å². The Morgan fingerprint density at radius 1 is 1.03 bits per heavy atom. The molecule has 1 fully saturated rings. The summed E-state index contributed by atoms with van der Waals surface area (Å²) >= 11 is 1.72. The van der Waals surface area contributed by atoms with Gasteiger partial charge in [-0.25, -0.2) is 0 Å². The van der Waals surface area contributed by atoms with Crippen molar-refractivity contribution in [3.63, 3.8) is 0 Å². The minimum Gasteiger partial charge on any atom is -0.354 e. The Hall–Kier alpha value is -3.23. The molecular formula is C31H40N4O3S. The SMILES string of the molecule is CC(C)(C)C(=O)N1CCCC1C(=O)N[C@H](Cc1ccc2ccccc2c1)C(=O)NCCCNCc1cccs1. The van der Waals surface area contributed by atoms with E-state index < -0.39 is 17.5 Å². The van der Waals surface area contributed by atoms with Crippen LogP contribution in [0.4, 0.5) is 0 Å². The van der Waals surface area contributed by atoms with Crippen molar-refractivity contribution < 1.29 is 14.4 Å². The zero-order valence-electron chi connectivity index (χ0n) is 23.2. The third-order valence-corrected chi connectivity index (χ3v) is 7.93. The predicted molar refractivity (Wildman–Crippen MR) is 157 cm³/mol. The van der Waals surface area contributed by atoms with Crippen molar-refractivity contribution in [3.05, 3.63) is 70.4 Å². The molecule has 1 unspecified atom stereocenters. The highest BCUT2D eigenvalue weighted by Gasteiger charge is 2.39. The van der Waals surface area contributed by atoms with Gasteiger partial charge in [0.05, 0.1) is 0 Å². The normalized spacial score (nSPS) is 16.3. The van der Waals surface area contributed by atoms with Crippen LogP contribution < -0.4 is 16.0 Å². The van der Waals surface area contributed by atoms with Crippen LogP contribution in [-0.2, 0) is 27.3 Å². The van der Waals surface area contributed by atoms with Gasteiger partial charge in [0, 0.05) is 36.3 Å². The number of hydrogen-bond donors (Lipinski definition) is 3. The first-order chi connectivity index (χ1) is 18.7. The number of rotatable bonds is 11. The van der Waals surface area contributed by atoms with E-state index in [0.717, 1.165) is 42.3 Å². The van der Waals surface area contributed by atoms with Crippen LogP contribution in [0.2, 0.25) is 0 Å². The number of fused-ring (bicyclic) bond motifs is 1. The summed E-state index contributed by atoms with van der Waals surface area (Å²) in [6, 6.07) is 17.1. The van der Waals surface area contributed by atoms with Crippen molar-refractivity contribution in [3.8, 4) is 0 Å². The van der Waals surface area contributed by atoms with E-state index >= 15 is 0 Å². The summed E-state index contributed by atoms with van der Waals surface area (Å²) in [7, 11) is 0. The summed E-state index contributed by atoms with van der Waals surface area (Å²) in [6.07, 6.45) is 2.54. The molecule has 3 amide bonds. The average molecular weight is 549 g/mol. The molecule has 2 aromatic carbocycles. The molecule has 7 nitrogen and oxygen atoms in total. The number of amides is 3. The molecule has 1 aromatic heterocycles. The minimum absolute atomic E-state index is 0.0364. The highest BCUT2D eigenvalue weighted by Crippen LogP contribution is 2.26. The zero-order chi connectivity index (χ0) is 27.8. The van der Waals surface area contributed by atoms with Crippen LogP contribution in [0.25, 0.3) is 10.8 Å². The topological polar surface area (TPSA) is 90.5 Å². The lowest BCUT2D eigenvalue weighted by molar-refractivity contribution is -0.145. The number of carbonyl (C=O) groups is 3. The summed E-state index contributed by atoms with van der Waals surface area (Å²) in [4.78, 5) is 42.7. The van der Waals surface area contributed by atoms with Gasteiger partial charge in [-0.3, -0.25) is 14.4 Å². The van der Waals surface area contributed by atoms with Gasteiger partial charge in [-0.05, 0) is 53.6 Å². The van der Waals surface area contributed by atoms with Gasteiger partial charge in [0.15, 0.2) is 0 Å².